The van der Waals surface area contributed by atoms with Crippen LogP contribution in [-0.4, -0.2) is 93.1 Å². The minimum Gasteiger partial charge on any atom is -0.453 e. The number of rotatable bonds is 9. The Morgan fingerprint density at radius 3 is 1.36 bits per heavy atom. The highest BCUT2D eigenvalue weighted by Gasteiger charge is 2.42. The van der Waals surface area contributed by atoms with Crippen LogP contribution in [0.1, 0.15) is 87.9 Å². The van der Waals surface area contributed by atoms with E-state index >= 15 is 0 Å². The topological polar surface area (TPSA) is 175 Å². The summed E-state index contributed by atoms with van der Waals surface area (Å²) in [4.78, 5) is 71.5. The molecular formula is C42H50N8O6. The number of hydrogen-bond donors (Lipinski definition) is 4. The van der Waals surface area contributed by atoms with E-state index < -0.39 is 12.2 Å². The van der Waals surface area contributed by atoms with Gasteiger partial charge in [0.05, 0.1) is 61.9 Å². The van der Waals surface area contributed by atoms with Crippen LogP contribution < -0.4 is 10.6 Å². The molecule has 14 nitrogen and oxygen atoms in total. The fraction of sp³-hybridized carbons (Fsp3) is 0.476. The first-order valence-electron chi connectivity index (χ1n) is 19.9. The molecule has 6 atom stereocenters. The molecule has 4 fully saturated rings. The Hall–Kier alpha value is -5.66. The molecule has 2 aliphatic carbocycles. The molecule has 294 valence electrons. The van der Waals surface area contributed by atoms with Crippen LogP contribution in [0.3, 0.4) is 0 Å². The highest BCUT2D eigenvalue weighted by atomic mass is 16.5. The summed E-state index contributed by atoms with van der Waals surface area (Å²) in [7, 11) is 2.68. The van der Waals surface area contributed by atoms with Crippen molar-refractivity contribution in [1.82, 2.24) is 40.4 Å². The fourth-order valence-corrected chi connectivity index (χ4v) is 9.32. The van der Waals surface area contributed by atoms with Gasteiger partial charge in [-0.1, -0.05) is 61.4 Å². The Morgan fingerprint density at radius 1 is 0.571 bits per heavy atom. The number of nitrogens with zero attached hydrogens (tertiary/aromatic N) is 4. The predicted molar refractivity (Wildman–Crippen MR) is 208 cm³/mol. The number of aromatic nitrogens is 4. The number of methoxy groups -OCH3 is 2. The summed E-state index contributed by atoms with van der Waals surface area (Å²) in [5.41, 5.74) is 5.96. The van der Waals surface area contributed by atoms with E-state index in [2.05, 4.69) is 69.1 Å². The van der Waals surface area contributed by atoms with E-state index in [9.17, 15) is 19.2 Å². The maximum absolute atomic E-state index is 13.7. The van der Waals surface area contributed by atoms with E-state index in [4.69, 9.17) is 19.4 Å². The molecule has 2 aromatic heterocycles. The number of nitrogens with one attached hydrogen (secondary N) is 4. The molecule has 2 saturated heterocycles. The van der Waals surface area contributed by atoms with Crippen LogP contribution in [0.5, 0.6) is 0 Å². The zero-order valence-corrected chi connectivity index (χ0v) is 32.0. The quantitative estimate of drug-likeness (QED) is 0.149. The number of H-pyrrole nitrogens is 2. The molecule has 0 spiro atoms. The van der Waals surface area contributed by atoms with Crippen LogP contribution >= 0.6 is 0 Å². The van der Waals surface area contributed by atoms with E-state index in [0.717, 1.165) is 109 Å². The number of carbonyl (C=O) groups excluding carboxylic acids is 4. The third-order valence-corrected chi connectivity index (χ3v) is 12.3. The smallest absolute Gasteiger partial charge is 0.407 e. The second-order valence-corrected chi connectivity index (χ2v) is 15.5. The van der Waals surface area contributed by atoms with E-state index in [-0.39, 0.29) is 47.8 Å². The largest absolute Gasteiger partial charge is 0.453 e. The summed E-state index contributed by atoms with van der Waals surface area (Å²) < 4.78 is 9.58. The normalized spacial score (nSPS) is 24.7. The lowest BCUT2D eigenvalue weighted by Crippen LogP contribution is -2.45. The van der Waals surface area contributed by atoms with Crippen molar-refractivity contribution in [1.29, 1.82) is 0 Å². The monoisotopic (exact) mass is 762 g/mol. The summed E-state index contributed by atoms with van der Waals surface area (Å²) in [5.74, 6) is 1.21. The summed E-state index contributed by atoms with van der Waals surface area (Å²) in [6.45, 7) is 1.35. The van der Waals surface area contributed by atoms with Gasteiger partial charge in [0.25, 0.3) is 0 Å². The van der Waals surface area contributed by atoms with Crippen LogP contribution in [-0.2, 0) is 19.1 Å². The first kappa shape index (κ1) is 37.3. The Kier molecular flexibility index (Phi) is 10.8. The van der Waals surface area contributed by atoms with Gasteiger partial charge in [0.1, 0.15) is 11.6 Å². The molecule has 4 N–H and O–H groups in total. The van der Waals surface area contributed by atoms with Gasteiger partial charge >= 0.3 is 12.2 Å². The Bertz CT molecular complexity index is 1900. The van der Waals surface area contributed by atoms with Gasteiger partial charge in [0, 0.05) is 25.2 Å². The van der Waals surface area contributed by atoms with Crippen molar-refractivity contribution >= 4 is 24.0 Å². The van der Waals surface area contributed by atoms with Gasteiger partial charge in [-0.3, -0.25) is 9.59 Å². The third kappa shape index (κ3) is 7.48. The Morgan fingerprint density at radius 2 is 0.964 bits per heavy atom. The molecular weight excluding hydrogens is 713 g/mol. The molecule has 4 aromatic rings. The maximum Gasteiger partial charge on any atom is 0.407 e. The number of imidazole rings is 2. The maximum atomic E-state index is 13.7. The molecule has 8 rings (SSSR count). The van der Waals surface area contributed by atoms with Crippen LogP contribution in [0, 0.1) is 11.8 Å². The van der Waals surface area contributed by atoms with Crippen LogP contribution in [0.15, 0.2) is 60.9 Å². The predicted octanol–water partition coefficient (Wildman–Crippen LogP) is 6.51. The summed E-state index contributed by atoms with van der Waals surface area (Å²) in [6, 6.07) is 16.0. The minimum atomic E-state index is -0.496. The summed E-state index contributed by atoms with van der Waals surface area (Å²) in [5, 5.41) is 5.72. The average Bonchev–Trinajstić information content (AvgIpc) is 4.07. The first-order chi connectivity index (χ1) is 27.3. The van der Waals surface area contributed by atoms with Crippen molar-refractivity contribution in [3.05, 3.63) is 72.6 Å². The first-order valence-corrected chi connectivity index (χ1v) is 19.9. The highest BCUT2D eigenvalue weighted by Crippen LogP contribution is 2.38. The summed E-state index contributed by atoms with van der Waals surface area (Å²) in [6.07, 6.45) is 11.0. The Labute approximate surface area is 326 Å². The van der Waals surface area contributed by atoms with E-state index in [1.807, 2.05) is 22.2 Å². The molecule has 0 bridgehead atoms. The van der Waals surface area contributed by atoms with E-state index in [1.165, 1.54) is 14.2 Å². The molecule has 2 aliphatic heterocycles. The zero-order chi connectivity index (χ0) is 38.8. The van der Waals surface area contributed by atoms with Gasteiger partial charge in [-0.2, -0.15) is 0 Å². The zero-order valence-electron chi connectivity index (χ0n) is 32.0. The number of benzene rings is 2. The molecule has 0 radical (unpaired) electrons. The highest BCUT2D eigenvalue weighted by molar-refractivity contribution is 5.82. The molecule has 4 heterocycles. The van der Waals surface area contributed by atoms with Crippen molar-refractivity contribution in [2.75, 3.05) is 27.3 Å². The molecule has 2 saturated carbocycles. The third-order valence-electron chi connectivity index (χ3n) is 12.3. The van der Waals surface area contributed by atoms with Gasteiger partial charge in [-0.15, -0.1) is 0 Å². The van der Waals surface area contributed by atoms with Gasteiger partial charge in [0.2, 0.25) is 11.8 Å². The average molecular weight is 763 g/mol. The molecule has 14 heteroatoms. The van der Waals surface area contributed by atoms with Crippen molar-refractivity contribution < 1.29 is 28.7 Å². The van der Waals surface area contributed by atoms with Crippen LogP contribution in [0.2, 0.25) is 0 Å². The van der Waals surface area contributed by atoms with Gasteiger partial charge in [0.15, 0.2) is 0 Å². The van der Waals surface area contributed by atoms with Crippen LogP contribution in [0.4, 0.5) is 9.59 Å². The number of amides is 4. The molecule has 2 aromatic carbocycles. The summed E-state index contributed by atoms with van der Waals surface area (Å²) >= 11 is 0. The lowest BCUT2D eigenvalue weighted by atomic mass is 10.0. The molecule has 56 heavy (non-hydrogen) atoms. The number of carbonyl (C=O) groups is 4. The Balaban J connectivity index is 0.898. The van der Waals surface area contributed by atoms with Crippen molar-refractivity contribution in [2.24, 2.45) is 11.8 Å². The van der Waals surface area contributed by atoms with Crippen molar-refractivity contribution in [2.45, 2.75) is 88.4 Å². The minimum absolute atomic E-state index is 0.0740. The number of hydrogen-bond acceptors (Lipinski definition) is 8. The van der Waals surface area contributed by atoms with Crippen molar-refractivity contribution in [3.63, 3.8) is 0 Å². The van der Waals surface area contributed by atoms with Crippen LogP contribution in [0.25, 0.3) is 33.6 Å². The van der Waals surface area contributed by atoms with E-state index in [1.54, 1.807) is 0 Å². The number of ether oxygens (including phenoxy) is 2. The lowest BCUT2D eigenvalue weighted by Gasteiger charge is -2.29. The van der Waals surface area contributed by atoms with Gasteiger partial charge in [-0.05, 0) is 73.6 Å². The van der Waals surface area contributed by atoms with Gasteiger partial charge < -0.3 is 39.9 Å². The number of alkyl carbamates (subject to hydrolysis) is 2. The lowest BCUT2D eigenvalue weighted by molar-refractivity contribution is -0.137. The van der Waals surface area contributed by atoms with Gasteiger partial charge in [-0.25, -0.2) is 19.6 Å². The standard InChI is InChI=1S/C42H50N8O6/c1-55-41(53)47-31-9-3-7-29(31)39(51)49-21-5-11-35(49)37-43-23-33(45-37)27-17-13-25(14-18-27)26-15-19-28(20-16-26)34-24-44-38(46-34)36-12-6-22-50(36)40(52)30-8-4-10-32(30)48-42(54)56-2/h13-20,23-24,29-32,35-36H,3-12,21-22H2,1-2H3,(H,43,45)(H,44,46)(H,47,53)(H,48,54)/t29-,30?,31-,32-,35-,36-/m0/s1. The second-order valence-electron chi connectivity index (χ2n) is 15.5. The van der Waals surface area contributed by atoms with E-state index in [0.29, 0.717) is 13.1 Å². The van der Waals surface area contributed by atoms with Crippen molar-refractivity contribution in [3.8, 4) is 33.6 Å². The number of aromatic amines is 2. The molecule has 1 unspecified atom stereocenters. The molecule has 4 aliphatic rings. The number of likely N-dealkylation sites (tertiary alicyclic amines) is 2. The fourth-order valence-electron chi connectivity index (χ4n) is 9.32. The second kappa shape index (κ2) is 16.2. The molecule has 4 amide bonds. The SMILES string of the molecule is COC(=O)N[C@H]1CCCC1C(=O)N1CCC[C@H]1c1ncc(-c2ccc(-c3ccc(-c4cnc([C@@H]5CCCN5C(=O)[C@H]5CCC[C@@H]5NC(=O)OC)[nH]4)cc3)cc2)[nH]1.